The maximum Gasteiger partial charge on any atom is 0.323 e. The molecule has 0 aromatic carbocycles. The van der Waals surface area contributed by atoms with Crippen molar-refractivity contribution in [3.05, 3.63) is 0 Å². The summed E-state index contributed by atoms with van der Waals surface area (Å²) in [6, 6.07) is 0. The lowest BCUT2D eigenvalue weighted by Gasteiger charge is -2.24. The molecule has 2 bridgehead atoms. The lowest BCUT2D eigenvalue weighted by atomic mass is 10.4. The number of fused-ring (bicyclic) bond motifs is 7. The Morgan fingerprint density at radius 1 is 0.941 bits per heavy atom. The summed E-state index contributed by atoms with van der Waals surface area (Å²) in [5.41, 5.74) is 0. The number of hydrogen-bond acceptors (Lipinski definition) is 9. The van der Waals surface area contributed by atoms with E-state index in [-0.39, 0.29) is 25.8 Å². The summed E-state index contributed by atoms with van der Waals surface area (Å²) < 4.78 is 13.7. The van der Waals surface area contributed by atoms with Crippen molar-refractivity contribution in [1.82, 2.24) is 11.1 Å². The van der Waals surface area contributed by atoms with Crippen LogP contribution < -0.4 is 6.15 Å². The molecule has 9 heteroatoms. The monoisotopic (exact) mass is 248 g/mol. The van der Waals surface area contributed by atoms with Gasteiger partial charge in [0.1, 0.15) is 0 Å². The first-order valence-electron chi connectivity index (χ1n) is 4.53. The number of hydrogen-bond donors (Lipinski definition) is 2. The van der Waals surface area contributed by atoms with Crippen molar-refractivity contribution in [2.24, 2.45) is 0 Å². The summed E-state index contributed by atoms with van der Waals surface area (Å²) in [5.74, 6) is -2.15. The SMILES string of the molecule is N.O=C1CN2CC(=O)OC(OC(=O)C2)C(O)O1. The lowest BCUT2D eigenvalue weighted by Crippen LogP contribution is -2.44. The second-order valence-electron chi connectivity index (χ2n) is 3.37. The van der Waals surface area contributed by atoms with Gasteiger partial charge in [0, 0.05) is 0 Å². The predicted molar refractivity (Wildman–Crippen MR) is 49.5 cm³/mol. The number of aliphatic hydroxyl groups is 1. The molecule has 9 nitrogen and oxygen atoms in total. The minimum Gasteiger partial charge on any atom is -0.427 e. The van der Waals surface area contributed by atoms with E-state index in [0.29, 0.717) is 0 Å². The molecule has 0 aromatic rings. The maximum absolute atomic E-state index is 11.2. The zero-order valence-electron chi connectivity index (χ0n) is 8.83. The first-order chi connectivity index (χ1) is 7.54. The van der Waals surface area contributed by atoms with Crippen LogP contribution in [0.2, 0.25) is 0 Å². The van der Waals surface area contributed by atoms with Gasteiger partial charge in [-0.15, -0.1) is 0 Å². The van der Waals surface area contributed by atoms with Gasteiger partial charge >= 0.3 is 24.2 Å². The Bertz CT molecular complexity index is 322. The van der Waals surface area contributed by atoms with Gasteiger partial charge in [0.2, 0.25) is 0 Å². The van der Waals surface area contributed by atoms with E-state index < -0.39 is 30.5 Å². The molecule has 1 unspecified atom stereocenters. The molecule has 1 atom stereocenters. The second kappa shape index (κ2) is 5.08. The molecule has 3 rings (SSSR count). The fourth-order valence-electron chi connectivity index (χ4n) is 1.42. The predicted octanol–water partition coefficient (Wildman–Crippen LogP) is -2.25. The van der Waals surface area contributed by atoms with Crippen LogP contribution in [0.3, 0.4) is 0 Å². The van der Waals surface area contributed by atoms with Gasteiger partial charge < -0.3 is 25.5 Å². The molecule has 3 fully saturated rings. The van der Waals surface area contributed by atoms with Gasteiger partial charge in [-0.3, -0.25) is 19.3 Å². The zero-order chi connectivity index (χ0) is 11.7. The molecule has 3 aliphatic rings. The van der Waals surface area contributed by atoms with E-state index >= 15 is 0 Å². The average Bonchev–Trinajstić information content (AvgIpc) is 2.18. The number of nitrogens with zero attached hydrogens (tertiary/aromatic N) is 1. The Morgan fingerprint density at radius 3 is 1.82 bits per heavy atom. The van der Waals surface area contributed by atoms with Crippen molar-refractivity contribution in [3.63, 3.8) is 0 Å². The highest BCUT2D eigenvalue weighted by atomic mass is 16.8. The van der Waals surface area contributed by atoms with Crippen LogP contribution in [0.1, 0.15) is 0 Å². The van der Waals surface area contributed by atoms with E-state index in [1.165, 1.54) is 4.90 Å². The largest absolute Gasteiger partial charge is 0.427 e. The molecule has 0 saturated carbocycles. The summed E-state index contributed by atoms with van der Waals surface area (Å²) in [5, 5.41) is 9.34. The molecule has 0 radical (unpaired) electrons. The van der Waals surface area contributed by atoms with Crippen LogP contribution in [-0.4, -0.2) is 60.1 Å². The third-order valence-corrected chi connectivity index (χ3v) is 2.04. The first kappa shape index (κ1) is 13.4. The van der Waals surface area contributed by atoms with E-state index in [1.54, 1.807) is 0 Å². The summed E-state index contributed by atoms with van der Waals surface area (Å²) in [7, 11) is 0. The molecule has 17 heavy (non-hydrogen) atoms. The molecular weight excluding hydrogens is 236 g/mol. The van der Waals surface area contributed by atoms with Crippen molar-refractivity contribution >= 4 is 17.9 Å². The minimum atomic E-state index is -1.79. The van der Waals surface area contributed by atoms with Crippen LogP contribution >= 0.6 is 0 Å². The molecule has 3 saturated heterocycles. The zero-order valence-corrected chi connectivity index (χ0v) is 8.83. The quantitative estimate of drug-likeness (QED) is 0.455. The van der Waals surface area contributed by atoms with Gasteiger partial charge in [0.25, 0.3) is 6.29 Å². The Balaban J connectivity index is 0.00000144. The Labute approximate surface area is 95.8 Å². The number of carbonyl (C=O) groups excluding carboxylic acids is 3. The van der Waals surface area contributed by atoms with Gasteiger partial charge in [0.05, 0.1) is 19.6 Å². The molecule has 4 N–H and O–H groups in total. The van der Waals surface area contributed by atoms with Gasteiger partial charge in [0.15, 0.2) is 0 Å². The average molecular weight is 248 g/mol. The van der Waals surface area contributed by atoms with Crippen LogP contribution in [0.5, 0.6) is 0 Å². The number of ether oxygens (including phenoxy) is 3. The van der Waals surface area contributed by atoms with Crippen molar-refractivity contribution in [1.29, 1.82) is 0 Å². The lowest BCUT2D eigenvalue weighted by molar-refractivity contribution is -0.250. The van der Waals surface area contributed by atoms with Crippen molar-refractivity contribution in [2.45, 2.75) is 12.6 Å². The van der Waals surface area contributed by atoms with Gasteiger partial charge in [-0.05, 0) is 0 Å². The summed E-state index contributed by atoms with van der Waals surface area (Å²) in [6.45, 7) is -0.741. The van der Waals surface area contributed by atoms with Crippen molar-refractivity contribution in [3.8, 4) is 0 Å². The van der Waals surface area contributed by atoms with Crippen LogP contribution in [0.4, 0.5) is 0 Å². The summed E-state index contributed by atoms with van der Waals surface area (Å²) in [6.07, 6.45) is -3.39. The third kappa shape index (κ3) is 3.12. The normalized spacial score (nSPS) is 33.0. The summed E-state index contributed by atoms with van der Waals surface area (Å²) >= 11 is 0. The maximum atomic E-state index is 11.2. The molecule has 3 heterocycles. The molecule has 0 amide bonds. The molecule has 0 aliphatic carbocycles. The Kier molecular flexibility index (Phi) is 3.99. The fraction of sp³-hybridized carbons (Fsp3) is 0.625. The molecule has 3 aliphatic heterocycles. The highest BCUT2D eigenvalue weighted by Crippen LogP contribution is 2.12. The van der Waals surface area contributed by atoms with Gasteiger partial charge in [-0.1, -0.05) is 0 Å². The van der Waals surface area contributed by atoms with Gasteiger partial charge in [-0.2, -0.15) is 0 Å². The standard InChI is InChI=1S/C8H9NO7.H3N/c10-4-1-9-2-5(11)15-8(7(13)14-4)16-6(12)3-9;/h7-8,13H,1-3H2;1H3. The number of aliphatic hydroxyl groups excluding tert-OH is 1. The number of esters is 3. The van der Waals surface area contributed by atoms with E-state index in [0.717, 1.165) is 0 Å². The highest BCUT2D eigenvalue weighted by Gasteiger charge is 2.37. The van der Waals surface area contributed by atoms with E-state index in [2.05, 4.69) is 14.2 Å². The Morgan fingerprint density at radius 2 is 1.35 bits per heavy atom. The second-order valence-corrected chi connectivity index (χ2v) is 3.37. The summed E-state index contributed by atoms with van der Waals surface area (Å²) in [4.78, 5) is 34.9. The van der Waals surface area contributed by atoms with Gasteiger partial charge in [-0.25, -0.2) is 0 Å². The van der Waals surface area contributed by atoms with Crippen molar-refractivity contribution < 1.29 is 33.7 Å². The molecule has 96 valence electrons. The van der Waals surface area contributed by atoms with E-state index in [4.69, 9.17) is 0 Å². The third-order valence-electron chi connectivity index (χ3n) is 2.04. The number of carbonyl (C=O) groups is 3. The van der Waals surface area contributed by atoms with Crippen LogP contribution in [-0.2, 0) is 28.6 Å². The van der Waals surface area contributed by atoms with Crippen LogP contribution in [0.25, 0.3) is 0 Å². The smallest absolute Gasteiger partial charge is 0.323 e. The molecule has 0 aromatic heterocycles. The Hall–Kier alpha value is -1.71. The van der Waals surface area contributed by atoms with Crippen LogP contribution in [0, 0.1) is 0 Å². The fourth-order valence-corrected chi connectivity index (χ4v) is 1.42. The molecular formula is C8H12N2O7. The highest BCUT2D eigenvalue weighted by molar-refractivity contribution is 5.80. The van der Waals surface area contributed by atoms with Crippen LogP contribution in [0.15, 0.2) is 0 Å². The number of rotatable bonds is 0. The topological polar surface area (TPSA) is 137 Å². The van der Waals surface area contributed by atoms with Crippen molar-refractivity contribution in [2.75, 3.05) is 19.6 Å². The van der Waals surface area contributed by atoms with E-state index in [1.807, 2.05) is 0 Å². The molecule has 0 spiro atoms. The first-order valence-corrected chi connectivity index (χ1v) is 4.53. The minimum absolute atomic E-state index is 0. The van der Waals surface area contributed by atoms with E-state index in [9.17, 15) is 19.5 Å².